The fraction of sp³-hybridized carbons (Fsp3) is 0.529. The van der Waals surface area contributed by atoms with Crippen molar-refractivity contribution in [3.8, 4) is 0 Å². The van der Waals surface area contributed by atoms with Crippen molar-refractivity contribution in [2.45, 2.75) is 44.8 Å². The lowest BCUT2D eigenvalue weighted by Crippen LogP contribution is -2.20. The third kappa shape index (κ3) is 4.55. The molecule has 0 spiro atoms. The topological polar surface area (TPSA) is 91.0 Å². The summed E-state index contributed by atoms with van der Waals surface area (Å²) in [6.07, 6.45) is -2.11. The third-order valence-corrected chi connectivity index (χ3v) is 4.78. The third-order valence-electron chi connectivity index (χ3n) is 4.41. The van der Waals surface area contributed by atoms with Crippen LogP contribution in [0.5, 0.6) is 0 Å². The molecule has 0 aromatic carbocycles. The zero-order valence-corrected chi connectivity index (χ0v) is 16.5. The summed E-state index contributed by atoms with van der Waals surface area (Å²) in [5.74, 6) is -1.09. The summed E-state index contributed by atoms with van der Waals surface area (Å²) in [5.41, 5.74) is -0.750. The van der Waals surface area contributed by atoms with E-state index in [0.717, 1.165) is 17.5 Å². The van der Waals surface area contributed by atoms with E-state index in [9.17, 15) is 22.8 Å². The summed E-state index contributed by atoms with van der Waals surface area (Å²) < 4.78 is 46.7. The maximum Gasteiger partial charge on any atom is 0.436 e. The smallest absolute Gasteiger partial charge is 0.436 e. The number of esters is 1. The van der Waals surface area contributed by atoms with E-state index in [2.05, 4.69) is 15.5 Å². The van der Waals surface area contributed by atoms with Gasteiger partial charge in [0.05, 0.1) is 30.1 Å². The second kappa shape index (κ2) is 8.05. The summed E-state index contributed by atoms with van der Waals surface area (Å²) in [6, 6.07) is 0. The SMILES string of the molecule is CCOC(=O)c1cnn(C)c1NC(=O)CCn1nc(C(F)(F)F)c(Cl)c1C1CC1. The number of halogens is 4. The van der Waals surface area contributed by atoms with Crippen molar-refractivity contribution in [1.29, 1.82) is 0 Å². The largest absolute Gasteiger partial charge is 0.462 e. The van der Waals surface area contributed by atoms with Gasteiger partial charge in [-0.25, -0.2) is 4.79 Å². The molecule has 1 N–H and O–H groups in total. The maximum absolute atomic E-state index is 13.1. The van der Waals surface area contributed by atoms with Gasteiger partial charge in [0.2, 0.25) is 5.91 Å². The van der Waals surface area contributed by atoms with Gasteiger partial charge in [-0.3, -0.25) is 14.2 Å². The first kappa shape index (κ1) is 21.2. The summed E-state index contributed by atoms with van der Waals surface area (Å²) in [4.78, 5) is 24.3. The van der Waals surface area contributed by atoms with Gasteiger partial charge in [0.25, 0.3) is 0 Å². The molecule has 158 valence electrons. The Kier molecular flexibility index (Phi) is 5.87. The molecule has 0 saturated heterocycles. The van der Waals surface area contributed by atoms with Crippen LogP contribution in [0.25, 0.3) is 0 Å². The Morgan fingerprint density at radius 1 is 1.38 bits per heavy atom. The number of carbonyl (C=O) groups excluding carboxylic acids is 2. The van der Waals surface area contributed by atoms with Crippen LogP contribution in [-0.2, 0) is 29.3 Å². The van der Waals surface area contributed by atoms with Crippen LogP contribution >= 0.6 is 11.6 Å². The fourth-order valence-electron chi connectivity index (χ4n) is 2.90. The molecule has 0 aliphatic heterocycles. The highest BCUT2D eigenvalue weighted by atomic mass is 35.5. The van der Waals surface area contributed by atoms with Crippen molar-refractivity contribution >= 4 is 29.3 Å². The molecule has 0 radical (unpaired) electrons. The van der Waals surface area contributed by atoms with E-state index in [1.807, 2.05) is 0 Å². The first-order valence-corrected chi connectivity index (χ1v) is 9.33. The van der Waals surface area contributed by atoms with Gasteiger partial charge in [0, 0.05) is 19.4 Å². The monoisotopic (exact) mass is 433 g/mol. The van der Waals surface area contributed by atoms with Gasteiger partial charge in [0.1, 0.15) is 11.4 Å². The van der Waals surface area contributed by atoms with Gasteiger partial charge in [-0.2, -0.15) is 23.4 Å². The van der Waals surface area contributed by atoms with Crippen molar-refractivity contribution < 1.29 is 27.5 Å². The molecule has 29 heavy (non-hydrogen) atoms. The van der Waals surface area contributed by atoms with E-state index < -0.39 is 28.8 Å². The number of anilines is 1. The van der Waals surface area contributed by atoms with E-state index in [0.29, 0.717) is 5.69 Å². The van der Waals surface area contributed by atoms with E-state index in [-0.39, 0.29) is 36.9 Å². The van der Waals surface area contributed by atoms with Crippen molar-refractivity contribution in [2.24, 2.45) is 7.05 Å². The molecule has 3 rings (SSSR count). The Morgan fingerprint density at radius 3 is 2.66 bits per heavy atom. The van der Waals surface area contributed by atoms with Gasteiger partial charge in [-0.05, 0) is 19.8 Å². The molecule has 1 aliphatic carbocycles. The number of nitrogens with zero attached hydrogens (tertiary/aromatic N) is 4. The minimum absolute atomic E-state index is 0.0818. The van der Waals surface area contributed by atoms with Crippen LogP contribution < -0.4 is 5.32 Å². The highest BCUT2D eigenvalue weighted by Crippen LogP contribution is 2.46. The number of aryl methyl sites for hydroxylation is 2. The Hall–Kier alpha value is -2.56. The average Bonchev–Trinajstić information content (AvgIpc) is 3.32. The molecule has 0 unspecified atom stereocenters. The van der Waals surface area contributed by atoms with Crippen LogP contribution in [0.2, 0.25) is 5.02 Å². The first-order chi connectivity index (χ1) is 13.6. The standard InChI is InChI=1S/C17H19ClF3N5O3/c1-3-29-16(28)10-8-22-25(2)15(10)23-11(27)6-7-26-13(9-4-5-9)12(18)14(24-26)17(19,20)21/h8-9H,3-7H2,1-2H3,(H,23,27). The molecule has 8 nitrogen and oxygen atoms in total. The zero-order chi connectivity index (χ0) is 21.3. The minimum atomic E-state index is -4.67. The summed E-state index contributed by atoms with van der Waals surface area (Å²) in [6.45, 7) is 1.72. The lowest BCUT2D eigenvalue weighted by molar-refractivity contribution is -0.141. The predicted octanol–water partition coefficient (Wildman–Crippen LogP) is 3.37. The molecule has 2 aromatic rings. The van der Waals surface area contributed by atoms with Crippen LogP contribution in [0.3, 0.4) is 0 Å². The Labute approximate surface area is 168 Å². The van der Waals surface area contributed by atoms with E-state index >= 15 is 0 Å². The maximum atomic E-state index is 13.1. The first-order valence-electron chi connectivity index (χ1n) is 8.95. The molecule has 1 fully saturated rings. The van der Waals surface area contributed by atoms with E-state index in [1.54, 1.807) is 6.92 Å². The second-order valence-electron chi connectivity index (χ2n) is 6.59. The molecule has 0 bridgehead atoms. The van der Waals surface area contributed by atoms with Crippen molar-refractivity contribution in [3.63, 3.8) is 0 Å². The molecule has 1 aliphatic rings. The van der Waals surface area contributed by atoms with Crippen LogP contribution in [0, 0.1) is 0 Å². The number of hydrogen-bond acceptors (Lipinski definition) is 5. The molecular formula is C17H19ClF3N5O3. The molecular weight excluding hydrogens is 415 g/mol. The van der Waals surface area contributed by atoms with E-state index in [4.69, 9.17) is 16.3 Å². The number of carbonyl (C=O) groups is 2. The van der Waals surface area contributed by atoms with E-state index in [1.165, 1.54) is 17.9 Å². The number of nitrogens with one attached hydrogen (secondary N) is 1. The predicted molar refractivity (Wildman–Crippen MR) is 96.6 cm³/mol. The van der Waals surface area contributed by atoms with Gasteiger partial charge >= 0.3 is 12.1 Å². The minimum Gasteiger partial charge on any atom is -0.462 e. The van der Waals surface area contributed by atoms with Gasteiger partial charge < -0.3 is 10.1 Å². The average molecular weight is 434 g/mol. The molecule has 0 atom stereocenters. The van der Waals surface area contributed by atoms with Gasteiger partial charge in [-0.1, -0.05) is 11.6 Å². The van der Waals surface area contributed by atoms with Gasteiger partial charge in [-0.15, -0.1) is 0 Å². The Balaban J connectivity index is 1.73. The van der Waals surface area contributed by atoms with Crippen LogP contribution in [-0.4, -0.2) is 38.0 Å². The number of amides is 1. The summed E-state index contributed by atoms with van der Waals surface area (Å²) in [5, 5.41) is 9.65. The number of alkyl halides is 3. The second-order valence-corrected chi connectivity index (χ2v) is 6.97. The normalized spacial score (nSPS) is 14.1. The lowest BCUT2D eigenvalue weighted by Gasteiger charge is -2.10. The number of ether oxygens (including phenoxy) is 1. The summed E-state index contributed by atoms with van der Waals surface area (Å²) in [7, 11) is 1.53. The quantitative estimate of drug-likeness (QED) is 0.676. The molecule has 1 amide bonds. The number of rotatable bonds is 7. The highest BCUT2D eigenvalue weighted by Gasteiger charge is 2.42. The number of hydrogen-bond donors (Lipinski definition) is 1. The molecule has 2 aromatic heterocycles. The van der Waals surface area contributed by atoms with Crippen molar-refractivity contribution in [1.82, 2.24) is 19.6 Å². The van der Waals surface area contributed by atoms with Crippen LogP contribution in [0.1, 0.15) is 53.8 Å². The lowest BCUT2D eigenvalue weighted by atomic mass is 10.2. The Morgan fingerprint density at radius 2 is 2.07 bits per heavy atom. The van der Waals surface area contributed by atoms with Crippen molar-refractivity contribution in [3.05, 3.63) is 28.2 Å². The van der Waals surface area contributed by atoms with Crippen LogP contribution in [0.4, 0.5) is 19.0 Å². The summed E-state index contributed by atoms with van der Waals surface area (Å²) >= 11 is 5.92. The highest BCUT2D eigenvalue weighted by molar-refractivity contribution is 6.32. The van der Waals surface area contributed by atoms with Gasteiger partial charge in [0.15, 0.2) is 5.69 Å². The Bertz CT molecular complexity index is 934. The molecule has 2 heterocycles. The van der Waals surface area contributed by atoms with Crippen LogP contribution in [0.15, 0.2) is 6.20 Å². The fourth-order valence-corrected chi connectivity index (χ4v) is 3.29. The van der Waals surface area contributed by atoms with Crippen molar-refractivity contribution in [2.75, 3.05) is 11.9 Å². The number of aromatic nitrogens is 4. The molecule has 1 saturated carbocycles. The molecule has 12 heteroatoms. The zero-order valence-electron chi connectivity index (χ0n) is 15.7.